The highest BCUT2D eigenvalue weighted by Gasteiger charge is 2.27. The highest BCUT2D eigenvalue weighted by molar-refractivity contribution is 6.30. The van der Waals surface area contributed by atoms with Crippen LogP contribution in [0.1, 0.15) is 29.5 Å². The summed E-state index contributed by atoms with van der Waals surface area (Å²) in [5.74, 6) is 0.0643. The maximum Gasteiger partial charge on any atom is 0.223 e. The molecule has 4 rings (SSSR count). The number of rotatable bonds is 4. The summed E-state index contributed by atoms with van der Waals surface area (Å²) in [6.45, 7) is 4.02. The molecule has 1 fully saturated rings. The monoisotopic (exact) mass is 418 g/mol. The summed E-state index contributed by atoms with van der Waals surface area (Å²) in [4.78, 5) is 19.3. The van der Waals surface area contributed by atoms with Gasteiger partial charge in [0.05, 0.1) is 16.8 Å². The number of nitrogens with one attached hydrogen (secondary N) is 1. The maximum absolute atomic E-state index is 12.6. The number of anilines is 1. The first-order valence-corrected chi connectivity index (χ1v) is 10.5. The molecule has 1 amide bonds. The molecule has 0 radical (unpaired) electrons. The molecule has 1 saturated heterocycles. The summed E-state index contributed by atoms with van der Waals surface area (Å²) >= 11 is 5.91. The third-order valence-corrected chi connectivity index (χ3v) is 5.93. The number of fused-ring (bicyclic) bond motifs is 1. The normalized spacial score (nSPS) is 14.5. The van der Waals surface area contributed by atoms with E-state index in [-0.39, 0.29) is 11.8 Å². The van der Waals surface area contributed by atoms with E-state index in [4.69, 9.17) is 11.6 Å². The van der Waals surface area contributed by atoms with E-state index in [9.17, 15) is 10.1 Å². The number of amides is 1. The molecule has 6 heteroatoms. The van der Waals surface area contributed by atoms with E-state index in [0.717, 1.165) is 53.6 Å². The number of nitriles is 1. The summed E-state index contributed by atoms with van der Waals surface area (Å²) in [6, 6.07) is 15.9. The second-order valence-electron chi connectivity index (χ2n) is 7.76. The molecule has 1 aliphatic heterocycles. The van der Waals surface area contributed by atoms with E-state index in [1.54, 1.807) is 6.20 Å². The van der Waals surface area contributed by atoms with Gasteiger partial charge in [-0.15, -0.1) is 0 Å². The van der Waals surface area contributed by atoms with Crippen LogP contribution in [0, 0.1) is 24.2 Å². The van der Waals surface area contributed by atoms with E-state index < -0.39 is 0 Å². The molecular weight excluding hydrogens is 396 g/mol. The van der Waals surface area contributed by atoms with Crippen LogP contribution < -0.4 is 10.2 Å². The Labute approximate surface area is 181 Å². The molecule has 1 N–H and O–H groups in total. The van der Waals surface area contributed by atoms with Crippen LogP contribution in [0.25, 0.3) is 10.9 Å². The molecule has 0 atom stereocenters. The van der Waals surface area contributed by atoms with Gasteiger partial charge in [-0.25, -0.2) is 0 Å². The smallest absolute Gasteiger partial charge is 0.223 e. The molecular formula is C24H23ClN4O. The average molecular weight is 419 g/mol. The van der Waals surface area contributed by atoms with Gasteiger partial charge < -0.3 is 10.2 Å². The molecule has 2 aromatic carbocycles. The van der Waals surface area contributed by atoms with Crippen molar-refractivity contribution in [3.8, 4) is 6.07 Å². The van der Waals surface area contributed by atoms with Crippen LogP contribution in [0.15, 0.2) is 48.7 Å². The van der Waals surface area contributed by atoms with Crippen LogP contribution in [0.5, 0.6) is 0 Å². The van der Waals surface area contributed by atoms with Gasteiger partial charge in [0.15, 0.2) is 0 Å². The number of aromatic nitrogens is 1. The van der Waals surface area contributed by atoms with Gasteiger partial charge >= 0.3 is 0 Å². The first-order chi connectivity index (χ1) is 14.5. The Morgan fingerprint density at radius 2 is 1.97 bits per heavy atom. The van der Waals surface area contributed by atoms with Crippen molar-refractivity contribution in [2.24, 2.45) is 5.92 Å². The number of carbonyl (C=O) groups is 1. The molecule has 30 heavy (non-hydrogen) atoms. The lowest BCUT2D eigenvalue weighted by Crippen LogP contribution is -2.40. The number of aryl methyl sites for hydroxylation is 1. The predicted octanol–water partition coefficient (Wildman–Crippen LogP) is 4.60. The lowest BCUT2D eigenvalue weighted by Gasteiger charge is -2.34. The topological polar surface area (TPSA) is 69.0 Å². The van der Waals surface area contributed by atoms with Crippen molar-refractivity contribution < 1.29 is 4.79 Å². The summed E-state index contributed by atoms with van der Waals surface area (Å²) < 4.78 is 0. The van der Waals surface area contributed by atoms with Crippen LogP contribution in [-0.4, -0.2) is 24.0 Å². The van der Waals surface area contributed by atoms with Gasteiger partial charge in [-0.3, -0.25) is 9.78 Å². The summed E-state index contributed by atoms with van der Waals surface area (Å²) in [6.07, 6.45) is 3.16. The van der Waals surface area contributed by atoms with Gasteiger partial charge in [0, 0.05) is 42.2 Å². The molecule has 1 aliphatic rings. The third-order valence-electron chi connectivity index (χ3n) is 5.68. The van der Waals surface area contributed by atoms with Crippen LogP contribution in [0.4, 0.5) is 5.69 Å². The minimum Gasteiger partial charge on any atom is -0.370 e. The molecule has 0 spiro atoms. The zero-order valence-electron chi connectivity index (χ0n) is 16.9. The third kappa shape index (κ3) is 4.24. The Hall–Kier alpha value is -3.10. The van der Waals surface area contributed by atoms with Crippen LogP contribution in [-0.2, 0) is 11.3 Å². The van der Waals surface area contributed by atoms with Crippen molar-refractivity contribution in [3.63, 3.8) is 0 Å². The largest absolute Gasteiger partial charge is 0.370 e. The van der Waals surface area contributed by atoms with Crippen LogP contribution >= 0.6 is 11.6 Å². The van der Waals surface area contributed by atoms with Gasteiger partial charge in [-0.05, 0) is 49.6 Å². The summed E-state index contributed by atoms with van der Waals surface area (Å²) in [5.41, 5.74) is 4.57. The number of hydrogen-bond acceptors (Lipinski definition) is 4. The number of halogens is 1. The van der Waals surface area contributed by atoms with E-state index in [1.165, 1.54) is 0 Å². The number of benzene rings is 2. The second-order valence-corrected chi connectivity index (χ2v) is 8.19. The Morgan fingerprint density at radius 1 is 1.23 bits per heavy atom. The highest BCUT2D eigenvalue weighted by atomic mass is 35.5. The first kappa shape index (κ1) is 20.2. The lowest BCUT2D eigenvalue weighted by molar-refractivity contribution is -0.125. The molecule has 152 valence electrons. The Morgan fingerprint density at radius 3 is 2.67 bits per heavy atom. The van der Waals surface area contributed by atoms with Crippen molar-refractivity contribution in [1.29, 1.82) is 5.26 Å². The number of piperidine rings is 1. The van der Waals surface area contributed by atoms with E-state index in [0.29, 0.717) is 17.1 Å². The molecule has 0 unspecified atom stereocenters. The Balaban J connectivity index is 1.44. The van der Waals surface area contributed by atoms with Gasteiger partial charge in [0.2, 0.25) is 5.91 Å². The van der Waals surface area contributed by atoms with Gasteiger partial charge in [-0.1, -0.05) is 35.4 Å². The second kappa shape index (κ2) is 8.73. The van der Waals surface area contributed by atoms with Gasteiger partial charge in [0.25, 0.3) is 0 Å². The van der Waals surface area contributed by atoms with Crippen molar-refractivity contribution in [2.75, 3.05) is 18.0 Å². The van der Waals surface area contributed by atoms with E-state index in [2.05, 4.69) is 27.3 Å². The maximum atomic E-state index is 12.6. The van der Waals surface area contributed by atoms with Gasteiger partial charge in [-0.2, -0.15) is 5.26 Å². The molecule has 0 aliphatic carbocycles. The molecule has 2 heterocycles. The minimum atomic E-state index is -0.0195. The van der Waals surface area contributed by atoms with E-state index in [1.807, 2.05) is 43.3 Å². The fourth-order valence-electron chi connectivity index (χ4n) is 4.02. The van der Waals surface area contributed by atoms with Crippen molar-refractivity contribution in [2.45, 2.75) is 26.3 Å². The zero-order chi connectivity index (χ0) is 21.1. The molecule has 0 bridgehead atoms. The van der Waals surface area contributed by atoms with Crippen LogP contribution in [0.2, 0.25) is 5.02 Å². The fraction of sp³-hybridized carbons (Fsp3) is 0.292. The SMILES string of the molecule is Cc1ccc2ncc(C#N)c(N3CCC(C(=O)NCc4ccc(Cl)cc4)CC3)c2c1. The van der Waals surface area contributed by atoms with Gasteiger partial charge in [0.1, 0.15) is 6.07 Å². The summed E-state index contributed by atoms with van der Waals surface area (Å²) in [7, 11) is 0. The summed E-state index contributed by atoms with van der Waals surface area (Å²) in [5, 5.41) is 14.4. The Bertz CT molecular complexity index is 1110. The number of hydrogen-bond donors (Lipinski definition) is 1. The van der Waals surface area contributed by atoms with Crippen molar-refractivity contribution >= 4 is 34.1 Å². The quantitative estimate of drug-likeness (QED) is 0.672. The van der Waals surface area contributed by atoms with Crippen LogP contribution in [0.3, 0.4) is 0 Å². The molecule has 5 nitrogen and oxygen atoms in total. The lowest BCUT2D eigenvalue weighted by atomic mass is 9.94. The number of nitrogens with zero attached hydrogens (tertiary/aromatic N) is 3. The minimum absolute atomic E-state index is 0.0195. The predicted molar refractivity (Wildman–Crippen MR) is 119 cm³/mol. The molecule has 0 saturated carbocycles. The average Bonchev–Trinajstić information content (AvgIpc) is 2.77. The zero-order valence-corrected chi connectivity index (χ0v) is 17.6. The Kier molecular flexibility index (Phi) is 5.87. The fourth-order valence-corrected chi connectivity index (χ4v) is 4.14. The van der Waals surface area contributed by atoms with Crippen molar-refractivity contribution in [3.05, 3.63) is 70.4 Å². The number of carbonyl (C=O) groups excluding carboxylic acids is 1. The molecule has 3 aromatic rings. The van der Waals surface area contributed by atoms with Crippen molar-refractivity contribution in [1.82, 2.24) is 10.3 Å². The number of pyridine rings is 1. The highest BCUT2D eigenvalue weighted by Crippen LogP contribution is 2.33. The van der Waals surface area contributed by atoms with E-state index >= 15 is 0 Å². The molecule has 1 aromatic heterocycles. The standard InChI is InChI=1S/C24H23ClN4O/c1-16-2-7-22-21(12-16)23(19(13-26)15-27-22)29-10-8-18(9-11-29)24(30)28-14-17-3-5-20(25)6-4-17/h2-7,12,15,18H,8-11,14H2,1H3,(H,28,30). The first-order valence-electron chi connectivity index (χ1n) is 10.1.